The molecule has 0 spiro atoms. The van der Waals surface area contributed by atoms with E-state index in [2.05, 4.69) is 49.2 Å². The van der Waals surface area contributed by atoms with Gasteiger partial charge in [-0.15, -0.1) is 10.2 Å². The molecule has 4 nitrogen and oxygen atoms in total. The van der Waals surface area contributed by atoms with Crippen LogP contribution in [0.4, 0.5) is 0 Å². The lowest BCUT2D eigenvalue weighted by molar-refractivity contribution is 0.286. The normalized spacial score (nSPS) is 11.1. The lowest BCUT2D eigenvalue weighted by Gasteiger charge is -2.14. The van der Waals surface area contributed by atoms with Crippen LogP contribution in [0, 0.1) is 6.92 Å². The van der Waals surface area contributed by atoms with Crippen molar-refractivity contribution in [2.24, 2.45) is 7.05 Å². The van der Waals surface area contributed by atoms with Crippen molar-refractivity contribution in [3.63, 3.8) is 0 Å². The van der Waals surface area contributed by atoms with E-state index in [4.69, 9.17) is 4.74 Å². The zero-order valence-corrected chi connectivity index (χ0v) is 13.5. The van der Waals surface area contributed by atoms with Crippen LogP contribution in [0.3, 0.4) is 0 Å². The Bertz CT molecular complexity index is 593. The summed E-state index contributed by atoms with van der Waals surface area (Å²) in [7, 11) is 1.96. The van der Waals surface area contributed by atoms with Gasteiger partial charge in [-0.05, 0) is 36.3 Å². The first-order chi connectivity index (χ1) is 9.52. The number of hydrogen-bond donors (Lipinski definition) is 0. The fraction of sp³-hybridized carbons (Fsp3) is 0.467. The highest BCUT2D eigenvalue weighted by Crippen LogP contribution is 2.28. The summed E-state index contributed by atoms with van der Waals surface area (Å²) in [6, 6.07) is 6.34. The van der Waals surface area contributed by atoms with Gasteiger partial charge in [0.2, 0.25) is 0 Å². The number of hydrogen-bond acceptors (Lipinski definition) is 4. The molecule has 20 heavy (non-hydrogen) atoms. The quantitative estimate of drug-likeness (QED) is 0.790. The molecular weight excluding hydrogens is 270 g/mol. The number of rotatable bonds is 5. The van der Waals surface area contributed by atoms with Crippen LogP contribution in [0.25, 0.3) is 0 Å². The summed E-state index contributed by atoms with van der Waals surface area (Å²) < 4.78 is 7.94. The van der Waals surface area contributed by atoms with E-state index in [1.807, 2.05) is 17.9 Å². The molecule has 1 aromatic heterocycles. The van der Waals surface area contributed by atoms with Gasteiger partial charge in [0.25, 0.3) is 0 Å². The van der Waals surface area contributed by atoms with Crippen molar-refractivity contribution in [1.29, 1.82) is 0 Å². The predicted octanol–water partition coefficient (Wildman–Crippen LogP) is 3.55. The average Bonchev–Trinajstić information content (AvgIpc) is 2.76. The van der Waals surface area contributed by atoms with Crippen LogP contribution in [-0.2, 0) is 13.7 Å². The lowest BCUT2D eigenvalue weighted by Crippen LogP contribution is -2.06. The largest absolute Gasteiger partial charge is 0.485 e. The van der Waals surface area contributed by atoms with Crippen molar-refractivity contribution >= 4 is 11.8 Å². The third-order valence-electron chi connectivity index (χ3n) is 3.26. The zero-order valence-electron chi connectivity index (χ0n) is 12.7. The Labute approximate surface area is 124 Å². The summed E-state index contributed by atoms with van der Waals surface area (Å²) >= 11 is 1.58. The molecule has 0 aliphatic heterocycles. The van der Waals surface area contributed by atoms with Crippen LogP contribution >= 0.6 is 11.8 Å². The van der Waals surface area contributed by atoms with Gasteiger partial charge in [-0.1, -0.05) is 37.7 Å². The summed E-state index contributed by atoms with van der Waals surface area (Å²) in [6.07, 6.45) is 1.99. The molecular formula is C15H21N3OS. The van der Waals surface area contributed by atoms with Crippen molar-refractivity contribution in [1.82, 2.24) is 14.8 Å². The zero-order chi connectivity index (χ0) is 14.7. The first-order valence-electron chi connectivity index (χ1n) is 6.68. The number of aryl methyl sites for hydroxylation is 1. The van der Waals surface area contributed by atoms with Crippen LogP contribution in [0.5, 0.6) is 5.75 Å². The number of thioether (sulfide) groups is 1. The minimum atomic E-state index is 0.437. The second kappa shape index (κ2) is 6.31. The van der Waals surface area contributed by atoms with Gasteiger partial charge in [0.05, 0.1) is 0 Å². The van der Waals surface area contributed by atoms with Gasteiger partial charge in [-0.3, -0.25) is 0 Å². The summed E-state index contributed by atoms with van der Waals surface area (Å²) in [4.78, 5) is 0. The van der Waals surface area contributed by atoms with Crippen molar-refractivity contribution in [3.8, 4) is 5.75 Å². The maximum atomic E-state index is 5.97. The first kappa shape index (κ1) is 14.9. The maximum Gasteiger partial charge on any atom is 0.190 e. The SMILES string of the molecule is CSc1nnc(COc2cc(C)ccc2C(C)C)n1C. The summed E-state index contributed by atoms with van der Waals surface area (Å²) in [5.41, 5.74) is 2.43. The molecule has 0 saturated carbocycles. The average molecular weight is 291 g/mol. The van der Waals surface area contributed by atoms with Crippen LogP contribution in [0.15, 0.2) is 23.4 Å². The van der Waals surface area contributed by atoms with E-state index in [1.165, 1.54) is 11.1 Å². The molecule has 0 aliphatic rings. The van der Waals surface area contributed by atoms with Crippen molar-refractivity contribution in [2.45, 2.75) is 38.5 Å². The molecule has 0 aliphatic carbocycles. The second-order valence-electron chi connectivity index (χ2n) is 5.15. The fourth-order valence-corrected chi connectivity index (χ4v) is 2.54. The number of ether oxygens (including phenoxy) is 1. The van der Waals surface area contributed by atoms with E-state index in [0.717, 1.165) is 16.7 Å². The molecule has 0 fully saturated rings. The lowest BCUT2D eigenvalue weighted by atomic mass is 10.0. The highest BCUT2D eigenvalue weighted by Gasteiger charge is 2.11. The molecule has 0 amide bonds. The molecule has 2 aromatic rings. The van der Waals surface area contributed by atoms with E-state index in [-0.39, 0.29) is 0 Å². The van der Waals surface area contributed by atoms with Gasteiger partial charge < -0.3 is 9.30 Å². The molecule has 108 valence electrons. The van der Waals surface area contributed by atoms with Crippen LogP contribution in [0.2, 0.25) is 0 Å². The topological polar surface area (TPSA) is 39.9 Å². The molecule has 2 rings (SSSR count). The van der Waals surface area contributed by atoms with E-state index in [0.29, 0.717) is 12.5 Å². The van der Waals surface area contributed by atoms with E-state index in [1.54, 1.807) is 11.8 Å². The fourth-order valence-electron chi connectivity index (χ4n) is 2.03. The van der Waals surface area contributed by atoms with E-state index < -0.39 is 0 Å². The number of benzene rings is 1. The highest BCUT2D eigenvalue weighted by molar-refractivity contribution is 7.98. The van der Waals surface area contributed by atoms with Gasteiger partial charge in [0.1, 0.15) is 12.4 Å². The van der Waals surface area contributed by atoms with Gasteiger partial charge in [-0.2, -0.15) is 0 Å². The summed E-state index contributed by atoms with van der Waals surface area (Å²) in [5, 5.41) is 9.18. The van der Waals surface area contributed by atoms with Crippen LogP contribution in [-0.4, -0.2) is 21.0 Å². The van der Waals surface area contributed by atoms with Crippen molar-refractivity contribution in [3.05, 3.63) is 35.2 Å². The Kier molecular flexibility index (Phi) is 4.70. The Morgan fingerprint density at radius 2 is 2.05 bits per heavy atom. The van der Waals surface area contributed by atoms with Gasteiger partial charge in [-0.25, -0.2) is 0 Å². The number of nitrogens with zero attached hydrogens (tertiary/aromatic N) is 3. The first-order valence-corrected chi connectivity index (χ1v) is 7.91. The summed E-state index contributed by atoms with van der Waals surface area (Å²) in [6.45, 7) is 6.86. The molecule has 1 heterocycles. The molecule has 1 aromatic carbocycles. The van der Waals surface area contributed by atoms with Crippen LogP contribution < -0.4 is 4.74 Å². The molecule has 0 N–H and O–H groups in total. The predicted molar refractivity (Wildman–Crippen MR) is 82.4 cm³/mol. The Morgan fingerprint density at radius 3 is 2.65 bits per heavy atom. The van der Waals surface area contributed by atoms with E-state index >= 15 is 0 Å². The molecule has 0 saturated heterocycles. The molecule has 0 radical (unpaired) electrons. The van der Waals surface area contributed by atoms with Gasteiger partial charge in [0, 0.05) is 7.05 Å². The third-order valence-corrected chi connectivity index (χ3v) is 3.98. The minimum Gasteiger partial charge on any atom is -0.485 e. The van der Waals surface area contributed by atoms with Crippen molar-refractivity contribution < 1.29 is 4.74 Å². The Balaban J connectivity index is 2.18. The summed E-state index contributed by atoms with van der Waals surface area (Å²) in [5.74, 6) is 2.21. The smallest absolute Gasteiger partial charge is 0.190 e. The maximum absolute atomic E-state index is 5.97. The molecule has 5 heteroatoms. The van der Waals surface area contributed by atoms with E-state index in [9.17, 15) is 0 Å². The molecule has 0 atom stereocenters. The standard InChI is InChI=1S/C15H21N3OS/c1-10(2)12-7-6-11(3)8-13(12)19-9-14-16-17-15(20-5)18(14)4/h6-8,10H,9H2,1-5H3. The minimum absolute atomic E-state index is 0.437. The monoisotopic (exact) mass is 291 g/mol. The third kappa shape index (κ3) is 3.15. The Morgan fingerprint density at radius 1 is 1.30 bits per heavy atom. The van der Waals surface area contributed by atoms with Crippen molar-refractivity contribution in [2.75, 3.05) is 6.26 Å². The highest BCUT2D eigenvalue weighted by atomic mass is 32.2. The van der Waals surface area contributed by atoms with Gasteiger partial charge in [0.15, 0.2) is 11.0 Å². The second-order valence-corrected chi connectivity index (χ2v) is 5.92. The van der Waals surface area contributed by atoms with Gasteiger partial charge >= 0.3 is 0 Å². The number of aromatic nitrogens is 3. The molecule has 0 bridgehead atoms. The Hall–Kier alpha value is -1.49. The van der Waals surface area contributed by atoms with Crippen LogP contribution in [0.1, 0.15) is 36.7 Å². The molecule has 0 unspecified atom stereocenters.